The highest BCUT2D eigenvalue weighted by atomic mass is 16.6. The molecule has 0 saturated heterocycles. The molecule has 0 aliphatic heterocycles. The molecule has 0 saturated carbocycles. The van der Waals surface area contributed by atoms with Crippen molar-refractivity contribution < 1.29 is 14.3 Å². The fraction of sp³-hybridized carbons (Fsp3) is 0.931. The Kier molecular flexibility index (Phi) is 20.3. The molecule has 0 fully saturated rings. The molecule has 2 N–H and O–H groups in total. The van der Waals surface area contributed by atoms with Crippen molar-refractivity contribution >= 4 is 12.0 Å². The minimum Gasteiger partial charge on any atom is -0.444 e. The highest BCUT2D eigenvalue weighted by Gasteiger charge is 2.27. The molecule has 0 aliphatic rings. The average Bonchev–Trinajstić information content (AvgIpc) is 2.77. The summed E-state index contributed by atoms with van der Waals surface area (Å²) < 4.78 is 5.32. The largest absolute Gasteiger partial charge is 0.444 e. The Balaban J connectivity index is 3.72. The van der Waals surface area contributed by atoms with Crippen LogP contribution in [0.1, 0.15) is 151 Å². The molecule has 0 aromatic carbocycles. The Hall–Kier alpha value is -1.26. The average molecular weight is 483 g/mol. The summed E-state index contributed by atoms with van der Waals surface area (Å²) in [7, 11) is 0. The van der Waals surface area contributed by atoms with Crippen LogP contribution in [0.3, 0.4) is 0 Å². The number of alkyl carbamates (subject to hydrolysis) is 1. The Labute approximate surface area is 211 Å². The Morgan fingerprint density at radius 2 is 1.12 bits per heavy atom. The lowest BCUT2D eigenvalue weighted by Gasteiger charge is -2.26. The smallest absolute Gasteiger partial charge is 0.408 e. The van der Waals surface area contributed by atoms with E-state index in [0.717, 1.165) is 19.3 Å². The topological polar surface area (TPSA) is 67.4 Å². The molecule has 0 aromatic heterocycles. The molecular formula is C29H58N2O3. The summed E-state index contributed by atoms with van der Waals surface area (Å²) in [5.41, 5.74) is -0.575. The van der Waals surface area contributed by atoms with Gasteiger partial charge in [0.15, 0.2) is 0 Å². The number of hydrogen-bond acceptors (Lipinski definition) is 3. The Morgan fingerprint density at radius 3 is 1.50 bits per heavy atom. The van der Waals surface area contributed by atoms with Crippen LogP contribution in [0.4, 0.5) is 4.79 Å². The summed E-state index contributed by atoms with van der Waals surface area (Å²) in [6, 6.07) is -0.555. The zero-order valence-electron chi connectivity index (χ0n) is 23.6. The van der Waals surface area contributed by atoms with Gasteiger partial charge in [-0.3, -0.25) is 4.79 Å². The zero-order chi connectivity index (χ0) is 25.7. The van der Waals surface area contributed by atoms with E-state index in [4.69, 9.17) is 4.74 Å². The number of ether oxygens (including phenoxy) is 1. The molecule has 0 spiro atoms. The van der Waals surface area contributed by atoms with Gasteiger partial charge in [0.05, 0.1) is 0 Å². The molecule has 5 nitrogen and oxygen atoms in total. The van der Waals surface area contributed by atoms with Crippen LogP contribution in [0.15, 0.2) is 0 Å². The molecule has 0 bridgehead atoms. The van der Waals surface area contributed by atoms with Gasteiger partial charge in [-0.25, -0.2) is 4.79 Å². The van der Waals surface area contributed by atoms with Crippen molar-refractivity contribution in [3.8, 4) is 0 Å². The van der Waals surface area contributed by atoms with E-state index in [-0.39, 0.29) is 11.8 Å². The normalized spacial score (nSPS) is 13.4. The molecule has 0 radical (unpaired) electrons. The van der Waals surface area contributed by atoms with Crippen LogP contribution < -0.4 is 10.6 Å². The Morgan fingerprint density at radius 1 is 0.706 bits per heavy atom. The van der Waals surface area contributed by atoms with Crippen molar-refractivity contribution in [2.24, 2.45) is 5.92 Å². The maximum absolute atomic E-state index is 12.6. The number of nitrogens with one attached hydrogen (secondary N) is 2. The van der Waals surface area contributed by atoms with E-state index < -0.39 is 17.7 Å². The molecule has 0 heterocycles. The second-order valence-corrected chi connectivity index (χ2v) is 11.1. The lowest BCUT2D eigenvalue weighted by Crippen LogP contribution is -2.51. The summed E-state index contributed by atoms with van der Waals surface area (Å²) in [6.07, 6.45) is 21.7. The third-order valence-electron chi connectivity index (χ3n) is 6.50. The van der Waals surface area contributed by atoms with Crippen LogP contribution in [-0.4, -0.2) is 30.2 Å². The quantitative estimate of drug-likeness (QED) is 0.162. The highest BCUT2D eigenvalue weighted by Crippen LogP contribution is 2.14. The van der Waals surface area contributed by atoms with Crippen molar-refractivity contribution in [3.63, 3.8) is 0 Å². The van der Waals surface area contributed by atoms with Gasteiger partial charge < -0.3 is 15.4 Å². The SMILES string of the molecule is CCCCCCCCCCCCCCCCCCNC(=O)[C@@H](NC(=O)OC(C)(C)C)C(C)CC. The van der Waals surface area contributed by atoms with Gasteiger partial charge in [0, 0.05) is 6.54 Å². The van der Waals surface area contributed by atoms with E-state index in [1.807, 2.05) is 34.6 Å². The van der Waals surface area contributed by atoms with Gasteiger partial charge in [0.2, 0.25) is 5.91 Å². The molecule has 202 valence electrons. The predicted octanol–water partition coefficient (Wildman–Crippen LogP) is 8.30. The fourth-order valence-corrected chi connectivity index (χ4v) is 4.13. The van der Waals surface area contributed by atoms with Gasteiger partial charge in [0.25, 0.3) is 0 Å². The van der Waals surface area contributed by atoms with Gasteiger partial charge in [-0.2, -0.15) is 0 Å². The van der Waals surface area contributed by atoms with Crippen LogP contribution in [0.5, 0.6) is 0 Å². The highest BCUT2D eigenvalue weighted by molar-refractivity contribution is 5.85. The minimum absolute atomic E-state index is 0.0540. The number of carbonyl (C=O) groups excluding carboxylic acids is 2. The lowest BCUT2D eigenvalue weighted by molar-refractivity contribution is -0.124. The van der Waals surface area contributed by atoms with Gasteiger partial charge >= 0.3 is 6.09 Å². The second-order valence-electron chi connectivity index (χ2n) is 11.1. The first-order chi connectivity index (χ1) is 16.2. The molecule has 34 heavy (non-hydrogen) atoms. The van der Waals surface area contributed by atoms with Gasteiger partial charge in [-0.15, -0.1) is 0 Å². The van der Waals surface area contributed by atoms with Crippen molar-refractivity contribution in [2.45, 2.75) is 162 Å². The second kappa shape index (κ2) is 21.1. The maximum Gasteiger partial charge on any atom is 0.408 e. The Bertz CT molecular complexity index is 502. The van der Waals surface area contributed by atoms with E-state index in [2.05, 4.69) is 17.6 Å². The minimum atomic E-state index is -0.575. The number of rotatable bonds is 21. The van der Waals surface area contributed by atoms with Crippen LogP contribution >= 0.6 is 0 Å². The van der Waals surface area contributed by atoms with E-state index in [0.29, 0.717) is 6.54 Å². The molecule has 1 unspecified atom stereocenters. The van der Waals surface area contributed by atoms with Crippen LogP contribution in [-0.2, 0) is 9.53 Å². The standard InChI is InChI=1S/C29H58N2O3/c1-7-9-10-11-12-13-14-15-16-17-18-19-20-21-22-23-24-30-27(32)26(25(3)8-2)31-28(33)34-29(4,5)6/h25-26H,7-24H2,1-6H3,(H,30,32)(H,31,33)/t25?,26-/m0/s1. The van der Waals surface area contributed by atoms with Crippen molar-refractivity contribution in [2.75, 3.05) is 6.54 Å². The summed E-state index contributed by atoms with van der Waals surface area (Å²) in [5, 5.41) is 5.76. The fourth-order valence-electron chi connectivity index (χ4n) is 4.13. The third-order valence-corrected chi connectivity index (χ3v) is 6.50. The molecular weight excluding hydrogens is 424 g/mol. The van der Waals surface area contributed by atoms with E-state index in [1.54, 1.807) is 0 Å². The van der Waals surface area contributed by atoms with E-state index in [9.17, 15) is 9.59 Å². The molecule has 0 aromatic rings. The van der Waals surface area contributed by atoms with Gasteiger partial charge in [0.1, 0.15) is 11.6 Å². The monoisotopic (exact) mass is 482 g/mol. The molecule has 2 atom stereocenters. The molecule has 0 rings (SSSR count). The summed E-state index contributed by atoms with van der Waals surface area (Å²) >= 11 is 0. The number of unbranched alkanes of at least 4 members (excludes halogenated alkanes) is 15. The lowest BCUT2D eigenvalue weighted by atomic mass is 9.98. The number of hydrogen-bond donors (Lipinski definition) is 2. The van der Waals surface area contributed by atoms with Crippen LogP contribution in [0, 0.1) is 5.92 Å². The zero-order valence-corrected chi connectivity index (χ0v) is 23.6. The molecule has 0 aliphatic carbocycles. The molecule has 2 amide bonds. The van der Waals surface area contributed by atoms with Gasteiger partial charge in [-0.1, -0.05) is 124 Å². The van der Waals surface area contributed by atoms with E-state index in [1.165, 1.54) is 89.9 Å². The van der Waals surface area contributed by atoms with Crippen LogP contribution in [0.2, 0.25) is 0 Å². The van der Waals surface area contributed by atoms with Crippen molar-refractivity contribution in [1.29, 1.82) is 0 Å². The summed E-state index contributed by atoms with van der Waals surface area (Å²) in [4.78, 5) is 24.7. The number of carbonyl (C=O) groups is 2. The summed E-state index contributed by atoms with van der Waals surface area (Å²) in [5.74, 6) is -0.0560. The first-order valence-corrected chi connectivity index (χ1v) is 14.5. The maximum atomic E-state index is 12.6. The van der Waals surface area contributed by atoms with Gasteiger partial charge in [-0.05, 0) is 33.1 Å². The number of amides is 2. The van der Waals surface area contributed by atoms with Crippen LogP contribution in [0.25, 0.3) is 0 Å². The van der Waals surface area contributed by atoms with E-state index >= 15 is 0 Å². The summed E-state index contributed by atoms with van der Waals surface area (Å²) in [6.45, 7) is 12.4. The molecule has 5 heteroatoms. The first kappa shape index (κ1) is 32.7. The third kappa shape index (κ3) is 20.1. The van der Waals surface area contributed by atoms with Crippen molar-refractivity contribution in [1.82, 2.24) is 10.6 Å². The van der Waals surface area contributed by atoms with Crippen molar-refractivity contribution in [3.05, 3.63) is 0 Å². The first-order valence-electron chi connectivity index (χ1n) is 14.5. The predicted molar refractivity (Wildman–Crippen MR) is 145 cm³/mol.